The van der Waals surface area contributed by atoms with Gasteiger partial charge in [0.25, 0.3) is 0 Å². The summed E-state index contributed by atoms with van der Waals surface area (Å²) in [7, 11) is 0. The zero-order valence-corrected chi connectivity index (χ0v) is 5.46. The SMILES string of the molecule is C.N=Cc1cccc(C=N)c1. The molecule has 2 N–H and O–H groups in total. The van der Waals surface area contributed by atoms with Gasteiger partial charge in [-0.2, -0.15) is 0 Å². The van der Waals surface area contributed by atoms with Gasteiger partial charge >= 0.3 is 0 Å². The Bertz CT molecular complexity index is 230. The molecule has 0 unspecified atom stereocenters. The predicted molar refractivity (Wildman–Crippen MR) is 48.9 cm³/mol. The molecule has 0 aliphatic rings. The fourth-order valence-electron chi connectivity index (χ4n) is 0.739. The van der Waals surface area contributed by atoms with Crippen molar-refractivity contribution in [3.05, 3.63) is 35.4 Å². The van der Waals surface area contributed by atoms with Crippen molar-refractivity contribution in [3.8, 4) is 0 Å². The maximum Gasteiger partial charge on any atom is 0.0250 e. The van der Waals surface area contributed by atoms with Crippen molar-refractivity contribution in [2.45, 2.75) is 7.43 Å². The lowest BCUT2D eigenvalue weighted by atomic mass is 10.1. The Morgan fingerprint density at radius 3 is 1.82 bits per heavy atom. The summed E-state index contributed by atoms with van der Waals surface area (Å²) in [6.07, 6.45) is 2.54. The molecule has 1 aromatic rings. The normalized spacial score (nSPS) is 8.00. The van der Waals surface area contributed by atoms with Gasteiger partial charge < -0.3 is 10.8 Å². The van der Waals surface area contributed by atoms with Crippen LogP contribution in [0.4, 0.5) is 0 Å². The molecule has 0 fully saturated rings. The standard InChI is InChI=1S/C8H8N2.CH4/c9-5-7-2-1-3-8(4-7)6-10;/h1-6,9-10H;1H4. The highest BCUT2D eigenvalue weighted by molar-refractivity contribution is 5.83. The first kappa shape index (κ1) is 9.56. The third-order valence-electron chi connectivity index (χ3n) is 1.24. The molecule has 11 heavy (non-hydrogen) atoms. The number of nitrogens with one attached hydrogen (secondary N) is 2. The van der Waals surface area contributed by atoms with E-state index >= 15 is 0 Å². The van der Waals surface area contributed by atoms with Gasteiger partial charge in [-0.1, -0.05) is 25.6 Å². The fraction of sp³-hybridized carbons (Fsp3) is 0.111. The monoisotopic (exact) mass is 148 g/mol. The molecule has 58 valence electrons. The Morgan fingerprint density at radius 1 is 1.00 bits per heavy atom. The highest BCUT2D eigenvalue weighted by atomic mass is 14.3. The Hall–Kier alpha value is -1.44. The van der Waals surface area contributed by atoms with Crippen LogP contribution in [-0.4, -0.2) is 12.4 Å². The van der Waals surface area contributed by atoms with Crippen LogP contribution in [0.15, 0.2) is 24.3 Å². The van der Waals surface area contributed by atoms with Crippen LogP contribution in [0.1, 0.15) is 18.6 Å². The Morgan fingerprint density at radius 2 is 1.45 bits per heavy atom. The molecular formula is C9H12N2. The van der Waals surface area contributed by atoms with Crippen LogP contribution < -0.4 is 0 Å². The minimum absolute atomic E-state index is 0. The number of benzene rings is 1. The maximum absolute atomic E-state index is 6.92. The van der Waals surface area contributed by atoms with Crippen molar-refractivity contribution >= 4 is 12.4 Å². The molecule has 0 aliphatic heterocycles. The molecule has 0 saturated heterocycles. The van der Waals surface area contributed by atoms with E-state index in [-0.39, 0.29) is 7.43 Å². The molecule has 0 saturated carbocycles. The number of rotatable bonds is 2. The summed E-state index contributed by atoms with van der Waals surface area (Å²) >= 11 is 0. The van der Waals surface area contributed by atoms with Crippen molar-refractivity contribution in [2.24, 2.45) is 0 Å². The molecule has 1 aromatic carbocycles. The second-order valence-corrected chi connectivity index (χ2v) is 1.96. The van der Waals surface area contributed by atoms with Gasteiger partial charge in [0.1, 0.15) is 0 Å². The molecule has 1 rings (SSSR count). The van der Waals surface area contributed by atoms with Crippen LogP contribution in [0.3, 0.4) is 0 Å². The highest BCUT2D eigenvalue weighted by Crippen LogP contribution is 1.99. The molecule has 0 aromatic heterocycles. The van der Waals surface area contributed by atoms with Crippen molar-refractivity contribution < 1.29 is 0 Å². The molecule has 2 nitrogen and oxygen atoms in total. The Balaban J connectivity index is 0.000001000. The second-order valence-electron chi connectivity index (χ2n) is 1.96. The summed E-state index contributed by atoms with van der Waals surface area (Å²) in [4.78, 5) is 0. The van der Waals surface area contributed by atoms with E-state index < -0.39 is 0 Å². The number of hydrogen-bond donors (Lipinski definition) is 2. The van der Waals surface area contributed by atoms with E-state index in [2.05, 4.69) is 0 Å². The lowest BCUT2D eigenvalue weighted by molar-refractivity contribution is 1.51. The van der Waals surface area contributed by atoms with Gasteiger partial charge in [0.05, 0.1) is 0 Å². The van der Waals surface area contributed by atoms with Gasteiger partial charge in [-0.15, -0.1) is 0 Å². The van der Waals surface area contributed by atoms with E-state index in [4.69, 9.17) is 10.8 Å². The fourth-order valence-corrected chi connectivity index (χ4v) is 0.739. The van der Waals surface area contributed by atoms with Crippen molar-refractivity contribution in [2.75, 3.05) is 0 Å². The van der Waals surface area contributed by atoms with Gasteiger partial charge in [0.15, 0.2) is 0 Å². The zero-order chi connectivity index (χ0) is 7.40. The van der Waals surface area contributed by atoms with E-state index in [9.17, 15) is 0 Å². The number of hydrogen-bond acceptors (Lipinski definition) is 2. The highest BCUT2D eigenvalue weighted by Gasteiger charge is 1.87. The summed E-state index contributed by atoms with van der Waals surface area (Å²) in [6, 6.07) is 7.29. The molecule has 0 atom stereocenters. The molecule has 0 heterocycles. The van der Waals surface area contributed by atoms with E-state index in [1.165, 1.54) is 12.4 Å². The van der Waals surface area contributed by atoms with Crippen LogP contribution in [0.2, 0.25) is 0 Å². The minimum atomic E-state index is 0. The lowest BCUT2D eigenvalue weighted by Gasteiger charge is -1.91. The average Bonchev–Trinajstić information content (AvgIpc) is 2.05. The van der Waals surface area contributed by atoms with Crippen molar-refractivity contribution in [1.29, 1.82) is 10.8 Å². The van der Waals surface area contributed by atoms with Gasteiger partial charge in [0.2, 0.25) is 0 Å². The zero-order valence-electron chi connectivity index (χ0n) is 5.46. The molecule has 0 spiro atoms. The van der Waals surface area contributed by atoms with Gasteiger partial charge in [-0.05, 0) is 17.2 Å². The van der Waals surface area contributed by atoms with Gasteiger partial charge in [0, 0.05) is 12.4 Å². The summed E-state index contributed by atoms with van der Waals surface area (Å²) in [6.45, 7) is 0. The van der Waals surface area contributed by atoms with Crippen LogP contribution >= 0.6 is 0 Å². The van der Waals surface area contributed by atoms with Crippen LogP contribution in [-0.2, 0) is 0 Å². The Labute approximate surface area is 66.9 Å². The summed E-state index contributed by atoms with van der Waals surface area (Å²) in [5, 5.41) is 13.8. The largest absolute Gasteiger partial charge is 0.308 e. The van der Waals surface area contributed by atoms with Crippen molar-refractivity contribution in [1.82, 2.24) is 0 Å². The third kappa shape index (κ3) is 2.34. The second kappa shape index (κ2) is 4.39. The predicted octanol–water partition coefficient (Wildman–Crippen LogP) is 2.32. The van der Waals surface area contributed by atoms with Crippen LogP contribution in [0, 0.1) is 10.8 Å². The molecule has 0 radical (unpaired) electrons. The average molecular weight is 148 g/mol. The van der Waals surface area contributed by atoms with E-state index in [1.54, 1.807) is 6.07 Å². The smallest absolute Gasteiger partial charge is 0.0250 e. The molecule has 0 amide bonds. The topological polar surface area (TPSA) is 47.7 Å². The Kier molecular flexibility index (Phi) is 3.81. The third-order valence-corrected chi connectivity index (χ3v) is 1.24. The lowest BCUT2D eigenvalue weighted by Crippen LogP contribution is -1.82. The van der Waals surface area contributed by atoms with Crippen molar-refractivity contribution in [3.63, 3.8) is 0 Å². The molecule has 0 aliphatic carbocycles. The van der Waals surface area contributed by atoms with E-state index in [0.29, 0.717) is 0 Å². The quantitative estimate of drug-likeness (QED) is 0.605. The van der Waals surface area contributed by atoms with E-state index in [0.717, 1.165) is 11.1 Å². The maximum atomic E-state index is 6.92. The first-order valence-electron chi connectivity index (χ1n) is 2.98. The molecule has 0 bridgehead atoms. The molecular weight excluding hydrogens is 136 g/mol. The van der Waals surface area contributed by atoms with E-state index in [1.807, 2.05) is 18.2 Å². The minimum Gasteiger partial charge on any atom is -0.308 e. The van der Waals surface area contributed by atoms with Gasteiger partial charge in [-0.3, -0.25) is 0 Å². The van der Waals surface area contributed by atoms with Crippen LogP contribution in [0.5, 0.6) is 0 Å². The van der Waals surface area contributed by atoms with Gasteiger partial charge in [-0.25, -0.2) is 0 Å². The summed E-state index contributed by atoms with van der Waals surface area (Å²) in [5.74, 6) is 0. The first-order valence-corrected chi connectivity index (χ1v) is 2.98. The van der Waals surface area contributed by atoms with Crippen LogP contribution in [0.25, 0.3) is 0 Å². The molecule has 2 heteroatoms. The summed E-state index contributed by atoms with van der Waals surface area (Å²) < 4.78 is 0. The first-order chi connectivity index (χ1) is 4.86. The summed E-state index contributed by atoms with van der Waals surface area (Å²) in [5.41, 5.74) is 1.67.